The maximum Gasteiger partial charge on any atom is 0.329 e. The van der Waals surface area contributed by atoms with Crippen molar-refractivity contribution in [1.29, 1.82) is 0 Å². The number of amides is 1. The fourth-order valence-corrected chi connectivity index (χ4v) is 1.90. The summed E-state index contributed by atoms with van der Waals surface area (Å²) < 4.78 is 5.62. The Balaban J connectivity index is 2.86. The van der Waals surface area contributed by atoms with Crippen LogP contribution in [-0.2, 0) is 9.59 Å². The average Bonchev–Trinajstić information content (AvgIpc) is 2.39. The third kappa shape index (κ3) is 3.88. The SMILES string of the molecule is Cc1cc(Cl)ccc1OC(C)C(=O)N(C)C(C)(C)C(=O)O. The molecule has 0 bridgehead atoms. The third-order valence-corrected chi connectivity index (χ3v) is 3.72. The lowest BCUT2D eigenvalue weighted by Crippen LogP contribution is -2.54. The van der Waals surface area contributed by atoms with Crippen molar-refractivity contribution in [2.45, 2.75) is 39.3 Å². The lowest BCUT2D eigenvalue weighted by atomic mass is 10.0. The van der Waals surface area contributed by atoms with Crippen molar-refractivity contribution >= 4 is 23.5 Å². The molecular weight excluding hydrogens is 294 g/mol. The first-order valence-electron chi connectivity index (χ1n) is 6.51. The highest BCUT2D eigenvalue weighted by atomic mass is 35.5. The summed E-state index contributed by atoms with van der Waals surface area (Å²) in [6.45, 7) is 6.34. The number of carboxylic acids is 1. The van der Waals surface area contributed by atoms with Gasteiger partial charge in [-0.2, -0.15) is 0 Å². The number of aryl methyl sites for hydroxylation is 1. The molecule has 1 unspecified atom stereocenters. The van der Waals surface area contributed by atoms with Crippen molar-refractivity contribution in [2.24, 2.45) is 0 Å². The topological polar surface area (TPSA) is 66.8 Å². The van der Waals surface area contributed by atoms with Crippen LogP contribution in [0.3, 0.4) is 0 Å². The number of likely N-dealkylation sites (N-methyl/N-ethyl adjacent to an activating group) is 1. The Labute approximate surface area is 129 Å². The van der Waals surface area contributed by atoms with Gasteiger partial charge in [0.15, 0.2) is 6.10 Å². The van der Waals surface area contributed by atoms with Gasteiger partial charge in [0.05, 0.1) is 0 Å². The molecule has 0 fully saturated rings. The molecule has 6 heteroatoms. The van der Waals surface area contributed by atoms with Crippen LogP contribution in [0.2, 0.25) is 5.02 Å². The summed E-state index contributed by atoms with van der Waals surface area (Å²) in [6, 6.07) is 5.09. The molecule has 0 aliphatic carbocycles. The number of carbonyl (C=O) groups is 2. The molecule has 5 nitrogen and oxygen atoms in total. The monoisotopic (exact) mass is 313 g/mol. The van der Waals surface area contributed by atoms with Crippen LogP contribution in [-0.4, -0.2) is 40.6 Å². The van der Waals surface area contributed by atoms with E-state index in [1.54, 1.807) is 25.1 Å². The van der Waals surface area contributed by atoms with E-state index in [-0.39, 0.29) is 0 Å². The molecule has 1 amide bonds. The smallest absolute Gasteiger partial charge is 0.329 e. The Hall–Kier alpha value is -1.75. The van der Waals surface area contributed by atoms with E-state index in [1.165, 1.54) is 25.8 Å². The van der Waals surface area contributed by atoms with E-state index in [1.807, 2.05) is 6.92 Å². The van der Waals surface area contributed by atoms with Gasteiger partial charge in [-0.05, 0) is 51.5 Å². The number of carboxylic acid groups (broad SMARTS) is 1. The first kappa shape index (κ1) is 17.3. The normalized spacial score (nSPS) is 12.7. The minimum absolute atomic E-state index is 0.406. The van der Waals surface area contributed by atoms with E-state index in [9.17, 15) is 9.59 Å². The maximum absolute atomic E-state index is 12.3. The molecule has 1 rings (SSSR count). The zero-order valence-corrected chi connectivity index (χ0v) is 13.6. The molecule has 1 atom stereocenters. The fourth-order valence-electron chi connectivity index (χ4n) is 1.68. The van der Waals surface area contributed by atoms with Crippen LogP contribution in [0, 0.1) is 6.92 Å². The molecule has 1 aromatic carbocycles. The number of nitrogens with zero attached hydrogens (tertiary/aromatic N) is 1. The predicted molar refractivity (Wildman–Crippen MR) is 80.8 cm³/mol. The number of ether oxygens (including phenoxy) is 1. The number of aliphatic carboxylic acids is 1. The lowest BCUT2D eigenvalue weighted by molar-refractivity contribution is -0.157. The Morgan fingerprint density at radius 3 is 2.43 bits per heavy atom. The van der Waals surface area contributed by atoms with Gasteiger partial charge >= 0.3 is 5.97 Å². The number of rotatable bonds is 5. The van der Waals surface area contributed by atoms with Gasteiger partial charge in [-0.3, -0.25) is 4.79 Å². The quantitative estimate of drug-likeness (QED) is 0.907. The van der Waals surface area contributed by atoms with Crippen LogP contribution in [0.5, 0.6) is 5.75 Å². The molecule has 0 aromatic heterocycles. The highest BCUT2D eigenvalue weighted by Crippen LogP contribution is 2.24. The van der Waals surface area contributed by atoms with Gasteiger partial charge in [-0.25, -0.2) is 4.79 Å². The first-order chi connectivity index (χ1) is 9.57. The van der Waals surface area contributed by atoms with Gasteiger partial charge in [0.25, 0.3) is 5.91 Å². The molecule has 0 aliphatic heterocycles. The van der Waals surface area contributed by atoms with E-state index < -0.39 is 23.5 Å². The minimum Gasteiger partial charge on any atom is -0.481 e. The second kappa shape index (κ2) is 6.35. The Morgan fingerprint density at radius 2 is 1.95 bits per heavy atom. The molecule has 0 heterocycles. The second-order valence-corrected chi connectivity index (χ2v) is 5.87. The van der Waals surface area contributed by atoms with E-state index in [0.29, 0.717) is 10.8 Å². The largest absolute Gasteiger partial charge is 0.481 e. The number of carbonyl (C=O) groups excluding carboxylic acids is 1. The van der Waals surface area contributed by atoms with Crippen LogP contribution in [0.15, 0.2) is 18.2 Å². The summed E-state index contributed by atoms with van der Waals surface area (Å²) in [5, 5.41) is 9.74. The van der Waals surface area contributed by atoms with Crippen molar-refractivity contribution in [3.05, 3.63) is 28.8 Å². The highest BCUT2D eigenvalue weighted by Gasteiger charge is 2.37. The predicted octanol–water partition coefficient (Wildman–Crippen LogP) is 2.74. The summed E-state index contributed by atoms with van der Waals surface area (Å²) >= 11 is 5.87. The zero-order valence-electron chi connectivity index (χ0n) is 12.8. The molecule has 1 aromatic rings. The van der Waals surface area contributed by atoms with Crippen molar-refractivity contribution in [3.8, 4) is 5.75 Å². The molecule has 0 spiro atoms. The molecule has 21 heavy (non-hydrogen) atoms. The minimum atomic E-state index is -1.30. The van der Waals surface area contributed by atoms with E-state index in [0.717, 1.165) is 5.56 Å². The number of halogens is 1. The fraction of sp³-hybridized carbons (Fsp3) is 0.467. The van der Waals surface area contributed by atoms with Crippen LogP contribution in [0.1, 0.15) is 26.3 Å². The van der Waals surface area contributed by atoms with Gasteiger partial charge in [0, 0.05) is 12.1 Å². The summed E-state index contributed by atoms with van der Waals surface area (Å²) in [4.78, 5) is 24.7. The molecule has 0 saturated carbocycles. The third-order valence-electron chi connectivity index (χ3n) is 3.48. The van der Waals surface area contributed by atoms with Crippen molar-refractivity contribution in [1.82, 2.24) is 4.90 Å². The zero-order chi connectivity index (χ0) is 16.4. The summed E-state index contributed by atoms with van der Waals surface area (Å²) in [6.07, 6.45) is -0.798. The van der Waals surface area contributed by atoms with Gasteiger partial charge in [0.1, 0.15) is 11.3 Å². The molecule has 116 valence electrons. The second-order valence-electron chi connectivity index (χ2n) is 5.43. The first-order valence-corrected chi connectivity index (χ1v) is 6.89. The number of hydrogen-bond donors (Lipinski definition) is 1. The van der Waals surface area contributed by atoms with Crippen molar-refractivity contribution in [2.75, 3.05) is 7.05 Å². The van der Waals surface area contributed by atoms with Crippen LogP contribution in [0.25, 0.3) is 0 Å². The Bertz CT molecular complexity index is 557. The van der Waals surface area contributed by atoms with Gasteiger partial charge < -0.3 is 14.7 Å². The van der Waals surface area contributed by atoms with Crippen molar-refractivity contribution in [3.63, 3.8) is 0 Å². The lowest BCUT2D eigenvalue weighted by Gasteiger charge is -2.33. The Morgan fingerprint density at radius 1 is 1.38 bits per heavy atom. The van der Waals surface area contributed by atoms with E-state index in [4.69, 9.17) is 21.4 Å². The van der Waals surface area contributed by atoms with Crippen LogP contribution in [0.4, 0.5) is 0 Å². The summed E-state index contributed by atoms with van der Waals surface area (Å²) in [7, 11) is 1.45. The maximum atomic E-state index is 12.3. The van der Waals surface area contributed by atoms with Gasteiger partial charge in [-0.1, -0.05) is 11.6 Å². The molecule has 1 N–H and O–H groups in total. The van der Waals surface area contributed by atoms with Crippen LogP contribution >= 0.6 is 11.6 Å². The number of hydrogen-bond acceptors (Lipinski definition) is 3. The van der Waals surface area contributed by atoms with Gasteiger partial charge in [-0.15, -0.1) is 0 Å². The average molecular weight is 314 g/mol. The standard InChI is InChI=1S/C15H20ClNO4/c1-9-8-11(16)6-7-12(9)21-10(2)13(18)17(5)15(3,4)14(19)20/h6-8,10H,1-5H3,(H,19,20). The molecular formula is C15H20ClNO4. The molecule has 0 aliphatic rings. The Kier molecular flexibility index (Phi) is 5.23. The summed E-state index contributed by atoms with van der Waals surface area (Å²) in [5.74, 6) is -0.938. The molecule has 0 radical (unpaired) electrons. The van der Waals surface area contributed by atoms with E-state index >= 15 is 0 Å². The summed E-state index contributed by atoms with van der Waals surface area (Å²) in [5.41, 5.74) is -0.494. The number of benzene rings is 1. The van der Waals surface area contributed by atoms with Gasteiger partial charge in [0.2, 0.25) is 0 Å². The van der Waals surface area contributed by atoms with Crippen LogP contribution < -0.4 is 4.74 Å². The van der Waals surface area contributed by atoms with E-state index in [2.05, 4.69) is 0 Å². The highest BCUT2D eigenvalue weighted by molar-refractivity contribution is 6.30. The molecule has 0 saturated heterocycles. The van der Waals surface area contributed by atoms with Crippen molar-refractivity contribution < 1.29 is 19.4 Å².